The highest BCUT2D eigenvalue weighted by Gasteiger charge is 2.46. The Bertz CT molecular complexity index is 966. The number of sulfonamides is 1. The van der Waals surface area contributed by atoms with Crippen LogP contribution < -0.4 is 10.2 Å². The lowest BCUT2D eigenvalue weighted by atomic mass is 10.1. The smallest absolute Gasteiger partial charge is 0.261 e. The normalized spacial score (nSPS) is 24.7. The maximum Gasteiger partial charge on any atom is 0.261 e. The lowest BCUT2D eigenvalue weighted by molar-refractivity contribution is -0.132. The van der Waals surface area contributed by atoms with Gasteiger partial charge in [0.15, 0.2) is 9.84 Å². The van der Waals surface area contributed by atoms with Gasteiger partial charge in [-0.3, -0.25) is 14.9 Å². The summed E-state index contributed by atoms with van der Waals surface area (Å²) in [5, 5.41) is 9.12. The molecule has 3 rings (SSSR count). The summed E-state index contributed by atoms with van der Waals surface area (Å²) in [7, 11) is -7.10. The van der Waals surface area contributed by atoms with Gasteiger partial charge in [0.2, 0.25) is 10.0 Å². The van der Waals surface area contributed by atoms with Crippen molar-refractivity contribution >= 4 is 25.8 Å². The van der Waals surface area contributed by atoms with Crippen LogP contribution in [0.15, 0.2) is 29.2 Å². The van der Waals surface area contributed by atoms with Crippen molar-refractivity contribution in [1.29, 1.82) is 0 Å². The SMILES string of the molecule is CCCCOc1ccc(S(=O)(=O)N2C[C@@H](N3CCS(=O)(=O)CC3)C[C@@H]2C(=O)NO)cc1. The van der Waals surface area contributed by atoms with Gasteiger partial charge >= 0.3 is 0 Å². The molecule has 1 aromatic carbocycles. The molecule has 10 nitrogen and oxygen atoms in total. The van der Waals surface area contributed by atoms with E-state index in [9.17, 15) is 21.6 Å². The third kappa shape index (κ3) is 5.55. The number of nitrogens with zero attached hydrogens (tertiary/aromatic N) is 2. The molecule has 0 saturated carbocycles. The third-order valence-electron chi connectivity index (χ3n) is 5.74. The molecule has 0 aromatic heterocycles. The van der Waals surface area contributed by atoms with Gasteiger partial charge in [-0.1, -0.05) is 13.3 Å². The van der Waals surface area contributed by atoms with Gasteiger partial charge in [-0.05, 0) is 37.1 Å². The molecule has 174 valence electrons. The first-order chi connectivity index (χ1) is 14.7. The van der Waals surface area contributed by atoms with E-state index in [1.807, 2.05) is 11.8 Å². The van der Waals surface area contributed by atoms with Gasteiger partial charge in [-0.2, -0.15) is 4.31 Å². The second-order valence-corrected chi connectivity index (χ2v) is 12.0. The van der Waals surface area contributed by atoms with E-state index < -0.39 is 31.8 Å². The van der Waals surface area contributed by atoms with Crippen molar-refractivity contribution in [3.8, 4) is 5.75 Å². The highest BCUT2D eigenvalue weighted by Crippen LogP contribution is 2.30. The maximum absolute atomic E-state index is 13.3. The second kappa shape index (κ2) is 9.82. The molecule has 1 aromatic rings. The highest BCUT2D eigenvalue weighted by atomic mass is 32.2. The van der Waals surface area contributed by atoms with E-state index in [2.05, 4.69) is 0 Å². The first-order valence-corrected chi connectivity index (χ1v) is 13.6. The van der Waals surface area contributed by atoms with Crippen LogP contribution in [-0.4, -0.2) is 87.0 Å². The van der Waals surface area contributed by atoms with Crippen LogP contribution in [0.3, 0.4) is 0 Å². The van der Waals surface area contributed by atoms with E-state index in [1.54, 1.807) is 17.6 Å². The molecular weight excluding hydrogens is 446 g/mol. The zero-order chi connectivity index (χ0) is 22.6. The molecule has 31 heavy (non-hydrogen) atoms. The minimum absolute atomic E-state index is 0.00655. The van der Waals surface area contributed by atoms with Crippen molar-refractivity contribution in [3.05, 3.63) is 24.3 Å². The summed E-state index contributed by atoms with van der Waals surface area (Å²) in [6, 6.07) is 4.62. The minimum atomic E-state index is -4.02. The Morgan fingerprint density at radius 3 is 2.45 bits per heavy atom. The fourth-order valence-corrected chi connectivity index (χ4v) is 6.76. The van der Waals surface area contributed by atoms with Crippen molar-refractivity contribution in [2.24, 2.45) is 0 Å². The number of hydrogen-bond acceptors (Lipinski definition) is 8. The van der Waals surface area contributed by atoms with Gasteiger partial charge in [-0.25, -0.2) is 22.3 Å². The van der Waals surface area contributed by atoms with Crippen LogP contribution in [0.2, 0.25) is 0 Å². The van der Waals surface area contributed by atoms with E-state index in [-0.39, 0.29) is 48.5 Å². The van der Waals surface area contributed by atoms with E-state index in [1.165, 1.54) is 12.1 Å². The van der Waals surface area contributed by atoms with Crippen molar-refractivity contribution in [1.82, 2.24) is 14.7 Å². The van der Waals surface area contributed by atoms with Crippen molar-refractivity contribution in [2.45, 2.75) is 43.2 Å². The Morgan fingerprint density at radius 1 is 1.23 bits per heavy atom. The molecule has 0 spiro atoms. The second-order valence-electron chi connectivity index (χ2n) is 7.82. The van der Waals surface area contributed by atoms with Crippen LogP contribution >= 0.6 is 0 Å². The summed E-state index contributed by atoms with van der Waals surface area (Å²) in [6.07, 6.45) is 2.05. The summed E-state index contributed by atoms with van der Waals surface area (Å²) < 4.78 is 56.6. The Hall–Kier alpha value is -1.73. The first-order valence-electron chi connectivity index (χ1n) is 10.3. The fourth-order valence-electron chi connectivity index (χ4n) is 3.90. The molecule has 2 heterocycles. The first kappa shape index (κ1) is 23.9. The number of carbonyl (C=O) groups is 1. The third-order valence-corrected chi connectivity index (χ3v) is 9.24. The zero-order valence-electron chi connectivity index (χ0n) is 17.4. The molecule has 2 N–H and O–H groups in total. The summed E-state index contributed by atoms with van der Waals surface area (Å²) in [5.41, 5.74) is 1.56. The van der Waals surface area contributed by atoms with Gasteiger partial charge in [0, 0.05) is 25.7 Å². The number of carbonyl (C=O) groups excluding carboxylic acids is 1. The molecule has 2 fully saturated rings. The number of ether oxygens (including phenoxy) is 1. The fraction of sp³-hybridized carbons (Fsp3) is 0.632. The molecule has 2 saturated heterocycles. The molecule has 2 aliphatic heterocycles. The van der Waals surface area contributed by atoms with Crippen LogP contribution in [0, 0.1) is 0 Å². The predicted molar refractivity (Wildman–Crippen MR) is 113 cm³/mol. The van der Waals surface area contributed by atoms with E-state index in [4.69, 9.17) is 9.94 Å². The number of nitrogens with one attached hydrogen (secondary N) is 1. The number of amides is 1. The number of benzene rings is 1. The maximum atomic E-state index is 13.3. The summed E-state index contributed by atoms with van der Waals surface area (Å²) >= 11 is 0. The number of hydroxylamine groups is 1. The van der Waals surface area contributed by atoms with Gasteiger partial charge in [0.25, 0.3) is 5.91 Å². The summed E-state index contributed by atoms with van der Waals surface area (Å²) in [4.78, 5) is 14.2. The molecule has 0 aliphatic carbocycles. The van der Waals surface area contributed by atoms with E-state index in [0.717, 1.165) is 17.1 Å². The molecule has 1 amide bonds. The van der Waals surface area contributed by atoms with Crippen LogP contribution in [-0.2, 0) is 24.7 Å². The summed E-state index contributed by atoms with van der Waals surface area (Å²) in [6.45, 7) is 3.20. The van der Waals surface area contributed by atoms with Crippen LogP contribution in [0.5, 0.6) is 5.75 Å². The Kier molecular flexibility index (Phi) is 7.58. The Balaban J connectivity index is 1.78. The predicted octanol–water partition coefficient (Wildman–Crippen LogP) is 0.233. The molecule has 0 radical (unpaired) electrons. The quantitative estimate of drug-likeness (QED) is 0.310. The average Bonchev–Trinajstić information content (AvgIpc) is 3.20. The lowest BCUT2D eigenvalue weighted by Crippen LogP contribution is -2.47. The topological polar surface area (TPSA) is 133 Å². The average molecular weight is 476 g/mol. The lowest BCUT2D eigenvalue weighted by Gasteiger charge is -2.31. The highest BCUT2D eigenvalue weighted by molar-refractivity contribution is 7.91. The van der Waals surface area contributed by atoms with E-state index >= 15 is 0 Å². The van der Waals surface area contributed by atoms with Crippen LogP contribution in [0.4, 0.5) is 0 Å². The zero-order valence-corrected chi connectivity index (χ0v) is 19.1. The van der Waals surface area contributed by atoms with Gasteiger partial charge in [0.1, 0.15) is 11.8 Å². The molecule has 2 aliphatic rings. The number of hydrogen-bond donors (Lipinski definition) is 2. The minimum Gasteiger partial charge on any atom is -0.494 e. The van der Waals surface area contributed by atoms with Crippen molar-refractivity contribution < 1.29 is 31.6 Å². The number of rotatable bonds is 8. The molecule has 0 unspecified atom stereocenters. The van der Waals surface area contributed by atoms with Gasteiger partial charge < -0.3 is 4.74 Å². The van der Waals surface area contributed by atoms with Crippen molar-refractivity contribution in [2.75, 3.05) is 37.7 Å². The van der Waals surface area contributed by atoms with E-state index in [0.29, 0.717) is 12.4 Å². The Morgan fingerprint density at radius 2 is 1.87 bits per heavy atom. The molecule has 2 atom stereocenters. The van der Waals surface area contributed by atoms with Gasteiger partial charge in [0.05, 0.1) is 23.0 Å². The van der Waals surface area contributed by atoms with Crippen molar-refractivity contribution in [3.63, 3.8) is 0 Å². The largest absolute Gasteiger partial charge is 0.494 e. The number of sulfone groups is 1. The molecule has 12 heteroatoms. The standard InChI is InChI=1S/C19H29N3O7S2/c1-2-3-10-29-16-4-6-17(7-5-16)31(27,28)22-14-15(13-18(22)19(23)20-24)21-8-11-30(25,26)12-9-21/h4-7,15,18,24H,2-3,8-14H2,1H3,(H,20,23)/t15-,18+/m0/s1. The van der Waals surface area contributed by atoms with Gasteiger partial charge in [-0.15, -0.1) is 0 Å². The number of unbranched alkanes of at least 4 members (excludes halogenated alkanes) is 1. The van der Waals surface area contributed by atoms with Crippen LogP contribution in [0.25, 0.3) is 0 Å². The Labute approximate surface area is 183 Å². The molecular formula is C19H29N3O7S2. The monoisotopic (exact) mass is 475 g/mol. The summed E-state index contributed by atoms with van der Waals surface area (Å²) in [5.74, 6) is -0.236. The van der Waals surface area contributed by atoms with Crippen LogP contribution in [0.1, 0.15) is 26.2 Å². The molecule has 0 bridgehead atoms.